The smallest absolute Gasteiger partial charge is 0.159 e. The van der Waals surface area contributed by atoms with Crippen LogP contribution in [0.3, 0.4) is 0 Å². The highest BCUT2D eigenvalue weighted by molar-refractivity contribution is 6.30. The fourth-order valence-electron chi connectivity index (χ4n) is 3.63. The van der Waals surface area contributed by atoms with Crippen LogP contribution < -0.4 is 0 Å². The van der Waals surface area contributed by atoms with Crippen LogP contribution in [-0.2, 0) is 0 Å². The Hall–Kier alpha value is -1.67. The van der Waals surface area contributed by atoms with E-state index in [1.54, 1.807) is 0 Å². The first-order chi connectivity index (χ1) is 11.8. The lowest BCUT2D eigenvalue weighted by Gasteiger charge is -2.28. The van der Waals surface area contributed by atoms with E-state index in [-0.39, 0.29) is 0 Å². The Kier molecular flexibility index (Phi) is 6.03. The third-order valence-corrected chi connectivity index (χ3v) is 5.36. The van der Waals surface area contributed by atoms with Gasteiger partial charge in [-0.25, -0.2) is 9.97 Å². The molecular formula is C21H25ClN2. The lowest BCUT2D eigenvalue weighted by molar-refractivity contribution is 0.305. The molecule has 1 saturated carbocycles. The Bertz CT molecular complexity index is 641. The predicted octanol–water partition coefficient (Wildman–Crippen LogP) is 6.43. The first-order valence-electron chi connectivity index (χ1n) is 8.95. The van der Waals surface area contributed by atoms with E-state index in [4.69, 9.17) is 11.6 Å². The number of nitrogens with zero attached hydrogens (tertiary/aromatic N) is 2. The zero-order valence-electron chi connectivity index (χ0n) is 14.1. The molecule has 0 atom stereocenters. The molecule has 1 fully saturated rings. The fraction of sp³-hybridized carbons (Fsp3) is 0.429. The van der Waals surface area contributed by atoms with Crippen LogP contribution in [0, 0.1) is 5.92 Å². The first kappa shape index (κ1) is 17.2. The Morgan fingerprint density at radius 3 is 2.33 bits per heavy atom. The van der Waals surface area contributed by atoms with Gasteiger partial charge >= 0.3 is 0 Å². The van der Waals surface area contributed by atoms with E-state index >= 15 is 0 Å². The topological polar surface area (TPSA) is 25.8 Å². The molecule has 0 unspecified atom stereocenters. The second-order valence-electron chi connectivity index (χ2n) is 6.78. The van der Waals surface area contributed by atoms with Crippen LogP contribution in [0.2, 0.25) is 5.02 Å². The van der Waals surface area contributed by atoms with Crippen molar-refractivity contribution in [1.82, 2.24) is 9.97 Å². The first-order valence-corrected chi connectivity index (χ1v) is 9.33. The number of benzene rings is 1. The molecule has 0 saturated heterocycles. The molecule has 1 aromatic carbocycles. The zero-order chi connectivity index (χ0) is 16.8. The van der Waals surface area contributed by atoms with Crippen molar-refractivity contribution in [1.29, 1.82) is 0 Å². The van der Waals surface area contributed by atoms with Gasteiger partial charge < -0.3 is 0 Å². The minimum Gasteiger partial charge on any atom is -0.236 e. The monoisotopic (exact) mass is 340 g/mol. The molecule has 0 bridgehead atoms. The van der Waals surface area contributed by atoms with Gasteiger partial charge in [0, 0.05) is 23.0 Å². The van der Waals surface area contributed by atoms with Gasteiger partial charge in [-0.05, 0) is 80.2 Å². The average Bonchev–Trinajstić information content (AvgIpc) is 2.63. The number of aromatic nitrogens is 2. The molecule has 24 heavy (non-hydrogen) atoms. The van der Waals surface area contributed by atoms with Gasteiger partial charge in [0.15, 0.2) is 5.82 Å². The normalized spacial score (nSPS) is 20.7. The highest BCUT2D eigenvalue weighted by Crippen LogP contribution is 2.37. The summed E-state index contributed by atoms with van der Waals surface area (Å²) in [6.45, 7) is 3.81. The van der Waals surface area contributed by atoms with Gasteiger partial charge in [-0.2, -0.15) is 0 Å². The molecule has 0 radical (unpaired) electrons. The molecule has 3 heteroatoms. The number of halogens is 1. The van der Waals surface area contributed by atoms with Crippen LogP contribution in [0.5, 0.6) is 0 Å². The summed E-state index contributed by atoms with van der Waals surface area (Å²) < 4.78 is 0. The summed E-state index contributed by atoms with van der Waals surface area (Å²) in [4.78, 5) is 9.14. The van der Waals surface area contributed by atoms with Crippen molar-refractivity contribution >= 4 is 11.6 Å². The molecule has 2 aromatic rings. The number of unbranched alkanes of at least 4 members (excludes halogenated alkanes) is 1. The molecule has 3 rings (SSSR count). The van der Waals surface area contributed by atoms with E-state index in [9.17, 15) is 0 Å². The number of rotatable bonds is 6. The quantitative estimate of drug-likeness (QED) is 0.447. The Morgan fingerprint density at radius 2 is 1.71 bits per heavy atom. The van der Waals surface area contributed by atoms with Crippen LogP contribution in [0.15, 0.2) is 49.3 Å². The van der Waals surface area contributed by atoms with E-state index in [1.807, 2.05) is 42.7 Å². The van der Waals surface area contributed by atoms with Gasteiger partial charge in [-0.15, -0.1) is 6.58 Å². The van der Waals surface area contributed by atoms with Crippen molar-refractivity contribution in [3.63, 3.8) is 0 Å². The van der Waals surface area contributed by atoms with E-state index in [2.05, 4.69) is 16.5 Å². The van der Waals surface area contributed by atoms with Gasteiger partial charge in [0.2, 0.25) is 0 Å². The summed E-state index contributed by atoms with van der Waals surface area (Å²) in [5.74, 6) is 2.30. The number of allylic oxidation sites excluding steroid dienone is 1. The molecule has 1 heterocycles. The molecule has 2 nitrogen and oxygen atoms in total. The molecular weight excluding hydrogens is 316 g/mol. The summed E-state index contributed by atoms with van der Waals surface area (Å²) >= 11 is 5.93. The van der Waals surface area contributed by atoms with E-state index < -0.39 is 0 Å². The largest absolute Gasteiger partial charge is 0.236 e. The predicted molar refractivity (Wildman–Crippen MR) is 101 cm³/mol. The van der Waals surface area contributed by atoms with Gasteiger partial charge in [0.1, 0.15) is 0 Å². The summed E-state index contributed by atoms with van der Waals surface area (Å²) in [5, 5.41) is 0.736. The van der Waals surface area contributed by atoms with E-state index in [1.165, 1.54) is 44.1 Å². The summed E-state index contributed by atoms with van der Waals surface area (Å²) in [6.07, 6.45) is 15.1. The van der Waals surface area contributed by atoms with Crippen LogP contribution in [-0.4, -0.2) is 9.97 Å². The van der Waals surface area contributed by atoms with Gasteiger partial charge in [0.25, 0.3) is 0 Å². The molecule has 126 valence electrons. The van der Waals surface area contributed by atoms with Crippen molar-refractivity contribution < 1.29 is 0 Å². The molecule has 1 aromatic heterocycles. The minimum atomic E-state index is 0.625. The Balaban J connectivity index is 1.56. The lowest BCUT2D eigenvalue weighted by Crippen LogP contribution is -2.13. The maximum absolute atomic E-state index is 5.93. The van der Waals surface area contributed by atoms with E-state index in [0.29, 0.717) is 5.92 Å². The minimum absolute atomic E-state index is 0.625. The highest BCUT2D eigenvalue weighted by Gasteiger charge is 2.22. The highest BCUT2D eigenvalue weighted by atomic mass is 35.5. The van der Waals surface area contributed by atoms with Crippen LogP contribution in [0.1, 0.15) is 56.4 Å². The number of hydrogen-bond acceptors (Lipinski definition) is 2. The Morgan fingerprint density at radius 1 is 1.04 bits per heavy atom. The SMILES string of the molecule is C=CCCC[C@H]1CC[C@H](c2cnc(-c3ccc(Cl)cc3)nc2)CC1. The second-order valence-corrected chi connectivity index (χ2v) is 7.22. The average molecular weight is 341 g/mol. The standard InChI is InChI=1S/C21H25ClN2/c1-2-3-4-5-16-6-8-17(9-7-16)19-14-23-21(24-15-19)18-10-12-20(22)13-11-18/h2,10-17H,1,3-9H2/t16-,17-. The van der Waals surface area contributed by atoms with Crippen molar-refractivity contribution in [2.24, 2.45) is 5.92 Å². The van der Waals surface area contributed by atoms with Gasteiger partial charge in [0.05, 0.1) is 0 Å². The Labute approximate surface area is 150 Å². The fourth-order valence-corrected chi connectivity index (χ4v) is 3.76. The zero-order valence-corrected chi connectivity index (χ0v) is 14.9. The van der Waals surface area contributed by atoms with Crippen molar-refractivity contribution in [2.75, 3.05) is 0 Å². The third-order valence-electron chi connectivity index (χ3n) is 5.11. The molecule has 0 amide bonds. The van der Waals surface area contributed by atoms with E-state index in [0.717, 1.165) is 28.7 Å². The lowest BCUT2D eigenvalue weighted by atomic mass is 9.77. The van der Waals surface area contributed by atoms with Crippen LogP contribution >= 0.6 is 11.6 Å². The molecule has 0 aliphatic heterocycles. The number of hydrogen-bond donors (Lipinski definition) is 0. The maximum Gasteiger partial charge on any atom is 0.159 e. The van der Waals surface area contributed by atoms with Crippen molar-refractivity contribution in [3.05, 3.63) is 59.9 Å². The second kappa shape index (κ2) is 8.43. The molecule has 1 aliphatic carbocycles. The maximum atomic E-state index is 5.93. The summed E-state index contributed by atoms with van der Waals surface area (Å²) in [5.41, 5.74) is 2.30. The molecule has 0 spiro atoms. The van der Waals surface area contributed by atoms with Crippen LogP contribution in [0.4, 0.5) is 0 Å². The van der Waals surface area contributed by atoms with Crippen molar-refractivity contribution in [3.8, 4) is 11.4 Å². The van der Waals surface area contributed by atoms with Crippen LogP contribution in [0.25, 0.3) is 11.4 Å². The van der Waals surface area contributed by atoms with Gasteiger partial charge in [-0.3, -0.25) is 0 Å². The van der Waals surface area contributed by atoms with Gasteiger partial charge in [-0.1, -0.05) is 24.1 Å². The summed E-state index contributed by atoms with van der Waals surface area (Å²) in [7, 11) is 0. The summed E-state index contributed by atoms with van der Waals surface area (Å²) in [6, 6.07) is 7.68. The third kappa shape index (κ3) is 4.45. The van der Waals surface area contributed by atoms with Crippen molar-refractivity contribution in [2.45, 2.75) is 50.9 Å². The molecule has 1 aliphatic rings. The molecule has 0 N–H and O–H groups in total.